The van der Waals surface area contributed by atoms with Gasteiger partial charge in [0.15, 0.2) is 0 Å². The molecule has 1 aromatic heterocycles. The number of hydrogen-bond acceptors (Lipinski definition) is 1. The van der Waals surface area contributed by atoms with Gasteiger partial charge in [-0.1, -0.05) is 17.7 Å². The summed E-state index contributed by atoms with van der Waals surface area (Å²) in [6, 6.07) is 7.66. The van der Waals surface area contributed by atoms with Crippen LogP contribution in [0.15, 0.2) is 42.6 Å². The van der Waals surface area contributed by atoms with Crippen molar-refractivity contribution in [1.82, 2.24) is 4.57 Å². The summed E-state index contributed by atoms with van der Waals surface area (Å²) in [5.41, 5.74) is 0.684. The molecule has 0 saturated carbocycles. The molecule has 0 unspecified atom stereocenters. The van der Waals surface area contributed by atoms with Gasteiger partial charge >= 0.3 is 5.97 Å². The van der Waals surface area contributed by atoms with Gasteiger partial charge in [-0.3, -0.25) is 0 Å². The lowest BCUT2D eigenvalue weighted by Crippen LogP contribution is -1.96. The zero-order valence-electron chi connectivity index (χ0n) is 10.5. The molecule has 0 aliphatic carbocycles. The van der Waals surface area contributed by atoms with Crippen molar-refractivity contribution in [2.24, 2.45) is 0 Å². The quantitative estimate of drug-likeness (QED) is 0.768. The Labute approximate surface area is 123 Å². The second-order valence-corrected chi connectivity index (χ2v) is 4.94. The number of halogens is 3. The zero-order chi connectivity index (χ0) is 15.1. The summed E-state index contributed by atoms with van der Waals surface area (Å²) in [4.78, 5) is 11.3. The van der Waals surface area contributed by atoms with Crippen molar-refractivity contribution in [3.8, 4) is 5.69 Å². The van der Waals surface area contributed by atoms with E-state index in [1.165, 1.54) is 10.8 Å². The van der Waals surface area contributed by atoms with Crippen LogP contribution in [0.25, 0.3) is 16.6 Å². The van der Waals surface area contributed by atoms with Gasteiger partial charge in [-0.2, -0.15) is 0 Å². The van der Waals surface area contributed by atoms with Crippen molar-refractivity contribution in [2.45, 2.75) is 0 Å². The van der Waals surface area contributed by atoms with Gasteiger partial charge in [-0.25, -0.2) is 13.6 Å². The molecule has 106 valence electrons. The Bertz CT molecular complexity index is 853. The van der Waals surface area contributed by atoms with E-state index in [0.29, 0.717) is 15.9 Å². The summed E-state index contributed by atoms with van der Waals surface area (Å²) >= 11 is 5.92. The lowest BCUT2D eigenvalue weighted by Gasteiger charge is -2.06. The highest BCUT2D eigenvalue weighted by molar-refractivity contribution is 6.31. The first-order valence-electron chi connectivity index (χ1n) is 5.96. The molecule has 21 heavy (non-hydrogen) atoms. The number of fused-ring (bicyclic) bond motifs is 1. The van der Waals surface area contributed by atoms with Gasteiger partial charge in [-0.15, -0.1) is 0 Å². The number of hydrogen-bond donors (Lipinski definition) is 1. The SMILES string of the molecule is O=C(O)c1cn(-c2cc(F)cc(F)c2)c2cc(Cl)ccc12. The zero-order valence-corrected chi connectivity index (χ0v) is 11.2. The van der Waals surface area contributed by atoms with E-state index < -0.39 is 17.6 Å². The van der Waals surface area contributed by atoms with E-state index in [1.807, 2.05) is 0 Å². The van der Waals surface area contributed by atoms with E-state index in [2.05, 4.69) is 0 Å². The Balaban J connectivity index is 2.36. The predicted molar refractivity (Wildman–Crippen MR) is 75.2 cm³/mol. The van der Waals surface area contributed by atoms with Crippen LogP contribution in [0.2, 0.25) is 5.02 Å². The third-order valence-electron chi connectivity index (χ3n) is 3.12. The number of nitrogens with zero attached hydrogens (tertiary/aromatic N) is 1. The molecule has 2 aromatic carbocycles. The van der Waals surface area contributed by atoms with Crippen LogP contribution in [-0.4, -0.2) is 15.6 Å². The standard InChI is InChI=1S/C15H8ClF2NO2/c16-8-1-2-12-13(15(20)21)7-19(14(12)3-8)11-5-9(17)4-10(18)6-11/h1-7H,(H,20,21). The summed E-state index contributed by atoms with van der Waals surface area (Å²) < 4.78 is 28.1. The number of carboxylic acid groups (broad SMARTS) is 1. The maximum Gasteiger partial charge on any atom is 0.337 e. The Morgan fingerprint density at radius 2 is 1.76 bits per heavy atom. The van der Waals surface area contributed by atoms with Crippen LogP contribution in [0.5, 0.6) is 0 Å². The molecule has 1 N–H and O–H groups in total. The van der Waals surface area contributed by atoms with Crippen molar-refractivity contribution in [2.75, 3.05) is 0 Å². The minimum absolute atomic E-state index is 0.0336. The molecule has 0 radical (unpaired) electrons. The van der Waals surface area contributed by atoms with Gasteiger partial charge in [0.25, 0.3) is 0 Å². The van der Waals surface area contributed by atoms with Crippen LogP contribution in [0.3, 0.4) is 0 Å². The van der Waals surface area contributed by atoms with E-state index in [-0.39, 0.29) is 11.3 Å². The Hall–Kier alpha value is -2.40. The molecule has 0 spiro atoms. The Morgan fingerprint density at radius 1 is 1.10 bits per heavy atom. The average molecular weight is 308 g/mol. The minimum atomic E-state index is -1.13. The fourth-order valence-electron chi connectivity index (χ4n) is 2.26. The van der Waals surface area contributed by atoms with Crippen molar-refractivity contribution in [3.05, 3.63) is 64.8 Å². The molecule has 0 saturated heterocycles. The molecule has 0 amide bonds. The molecule has 0 fully saturated rings. The van der Waals surface area contributed by atoms with E-state index >= 15 is 0 Å². The second-order valence-electron chi connectivity index (χ2n) is 4.51. The lowest BCUT2D eigenvalue weighted by atomic mass is 10.2. The maximum atomic E-state index is 13.4. The summed E-state index contributed by atoms with van der Waals surface area (Å²) in [5.74, 6) is -2.62. The van der Waals surface area contributed by atoms with Crippen LogP contribution in [0, 0.1) is 11.6 Å². The molecule has 3 aromatic rings. The highest BCUT2D eigenvalue weighted by Gasteiger charge is 2.16. The van der Waals surface area contributed by atoms with E-state index in [9.17, 15) is 18.7 Å². The van der Waals surface area contributed by atoms with Crippen molar-refractivity contribution < 1.29 is 18.7 Å². The average Bonchev–Trinajstić information content (AvgIpc) is 2.76. The number of rotatable bonds is 2. The van der Waals surface area contributed by atoms with Gasteiger partial charge in [0.05, 0.1) is 16.8 Å². The van der Waals surface area contributed by atoms with Gasteiger partial charge in [-0.05, 0) is 24.3 Å². The fourth-order valence-corrected chi connectivity index (χ4v) is 2.43. The number of aromatic nitrogens is 1. The molecule has 3 rings (SSSR count). The second kappa shape index (κ2) is 4.86. The summed E-state index contributed by atoms with van der Waals surface area (Å²) in [6.45, 7) is 0. The Kier molecular flexibility index (Phi) is 3.14. The smallest absolute Gasteiger partial charge is 0.337 e. The van der Waals surface area contributed by atoms with E-state index in [1.54, 1.807) is 18.2 Å². The van der Waals surface area contributed by atoms with Crippen LogP contribution >= 0.6 is 11.6 Å². The molecule has 6 heteroatoms. The largest absolute Gasteiger partial charge is 0.478 e. The normalized spacial score (nSPS) is 11.0. The van der Waals surface area contributed by atoms with Gasteiger partial charge in [0, 0.05) is 22.7 Å². The van der Waals surface area contributed by atoms with Crippen molar-refractivity contribution in [1.29, 1.82) is 0 Å². The van der Waals surface area contributed by atoms with Crippen molar-refractivity contribution in [3.63, 3.8) is 0 Å². The first kappa shape index (κ1) is 13.6. The van der Waals surface area contributed by atoms with E-state index in [0.717, 1.165) is 18.2 Å². The summed E-state index contributed by atoms with van der Waals surface area (Å²) in [6.07, 6.45) is 1.32. The number of benzene rings is 2. The fraction of sp³-hybridized carbons (Fsp3) is 0. The third-order valence-corrected chi connectivity index (χ3v) is 3.36. The first-order valence-corrected chi connectivity index (χ1v) is 6.34. The van der Waals surface area contributed by atoms with Crippen LogP contribution < -0.4 is 0 Å². The highest BCUT2D eigenvalue weighted by atomic mass is 35.5. The lowest BCUT2D eigenvalue weighted by molar-refractivity contribution is 0.0699. The minimum Gasteiger partial charge on any atom is -0.478 e. The van der Waals surface area contributed by atoms with Crippen molar-refractivity contribution >= 4 is 28.5 Å². The molecule has 0 atom stereocenters. The topological polar surface area (TPSA) is 42.2 Å². The monoisotopic (exact) mass is 307 g/mol. The van der Waals surface area contributed by atoms with Crippen LogP contribution in [0.4, 0.5) is 8.78 Å². The van der Waals surface area contributed by atoms with Gasteiger partial charge in [0.1, 0.15) is 11.6 Å². The number of carbonyl (C=O) groups is 1. The number of aromatic carboxylic acids is 1. The summed E-state index contributed by atoms with van der Waals surface area (Å²) in [5, 5.41) is 10.1. The molecule has 0 bridgehead atoms. The summed E-state index contributed by atoms with van der Waals surface area (Å²) in [7, 11) is 0. The predicted octanol–water partition coefficient (Wildman–Crippen LogP) is 4.26. The maximum absolute atomic E-state index is 13.4. The molecule has 0 aliphatic heterocycles. The number of carboxylic acids is 1. The molecule has 3 nitrogen and oxygen atoms in total. The van der Waals surface area contributed by atoms with Gasteiger partial charge < -0.3 is 9.67 Å². The van der Waals surface area contributed by atoms with E-state index in [4.69, 9.17) is 11.6 Å². The molecule has 1 heterocycles. The van der Waals surface area contributed by atoms with Gasteiger partial charge in [0.2, 0.25) is 0 Å². The Morgan fingerprint density at radius 3 is 2.38 bits per heavy atom. The highest BCUT2D eigenvalue weighted by Crippen LogP contribution is 2.28. The van der Waals surface area contributed by atoms with Crippen LogP contribution in [-0.2, 0) is 0 Å². The third kappa shape index (κ3) is 2.36. The molecular weight excluding hydrogens is 300 g/mol. The first-order chi connectivity index (χ1) is 9.95. The van der Waals surface area contributed by atoms with Crippen LogP contribution in [0.1, 0.15) is 10.4 Å². The molecule has 0 aliphatic rings. The molecular formula is C15H8ClF2NO2.